The van der Waals surface area contributed by atoms with Crippen LogP contribution in [0.15, 0.2) is 23.1 Å². The van der Waals surface area contributed by atoms with Crippen LogP contribution >= 0.6 is 0 Å². The van der Waals surface area contributed by atoms with Crippen LogP contribution in [0.3, 0.4) is 0 Å². The minimum Gasteiger partial charge on any atom is -0.368 e. The maximum atomic E-state index is 11.4. The summed E-state index contributed by atoms with van der Waals surface area (Å²) in [5.74, 6) is -0.337. The minimum absolute atomic E-state index is 0.229. The van der Waals surface area contributed by atoms with E-state index in [1.807, 2.05) is 36.9 Å². The summed E-state index contributed by atoms with van der Waals surface area (Å²) in [6, 6.07) is 5.75. The van der Waals surface area contributed by atoms with Crippen LogP contribution in [0.4, 0.5) is 5.69 Å². The lowest BCUT2D eigenvalue weighted by molar-refractivity contribution is -0.116. The highest BCUT2D eigenvalue weighted by Crippen LogP contribution is 2.29. The molecular weight excluding hydrogens is 248 g/mol. The van der Waals surface area contributed by atoms with Gasteiger partial charge in [-0.25, -0.2) is 0 Å². The topological polar surface area (TPSA) is 63.4 Å². The van der Waals surface area contributed by atoms with E-state index < -0.39 is 10.8 Å². The van der Waals surface area contributed by atoms with E-state index in [9.17, 15) is 9.00 Å². The lowest BCUT2D eigenvalue weighted by atomic mass is 10.2. The van der Waals surface area contributed by atoms with Crippen LogP contribution in [0.25, 0.3) is 0 Å². The molecule has 0 radical (unpaired) electrons. The Bertz CT molecular complexity index is 460. The fourth-order valence-electron chi connectivity index (χ4n) is 1.96. The summed E-state index contributed by atoms with van der Waals surface area (Å²) in [6.07, 6.45) is 2.56. The number of benzene rings is 1. The number of rotatable bonds is 3. The van der Waals surface area contributed by atoms with Gasteiger partial charge >= 0.3 is 0 Å². The van der Waals surface area contributed by atoms with E-state index in [4.69, 9.17) is 5.73 Å². The molecule has 0 saturated carbocycles. The monoisotopic (exact) mass is 268 g/mol. The van der Waals surface area contributed by atoms with Gasteiger partial charge in [0.05, 0.1) is 6.54 Å². The Balaban J connectivity index is 0.000000771. The molecule has 1 unspecified atom stereocenters. The number of fused-ring (bicyclic) bond motifs is 1. The van der Waals surface area contributed by atoms with Gasteiger partial charge in [-0.3, -0.25) is 9.00 Å². The van der Waals surface area contributed by atoms with Crippen molar-refractivity contribution in [2.24, 2.45) is 5.73 Å². The first-order chi connectivity index (χ1) is 8.58. The summed E-state index contributed by atoms with van der Waals surface area (Å²) in [5, 5.41) is 0. The number of amides is 1. The van der Waals surface area contributed by atoms with Gasteiger partial charge in [-0.15, -0.1) is 0 Å². The summed E-state index contributed by atoms with van der Waals surface area (Å²) < 4.78 is 11.4. The maximum absolute atomic E-state index is 11.4. The van der Waals surface area contributed by atoms with Crippen molar-refractivity contribution in [3.05, 3.63) is 23.8 Å². The van der Waals surface area contributed by atoms with Crippen molar-refractivity contribution in [1.82, 2.24) is 0 Å². The third-order valence-electron chi connectivity index (χ3n) is 2.73. The SMILES string of the molecule is CC.CS(=O)c1ccc2c(c1)N(CC(N)=O)CC2. The van der Waals surface area contributed by atoms with Crippen LogP contribution in [0.1, 0.15) is 19.4 Å². The predicted octanol–water partition coefficient (Wildman–Crippen LogP) is 1.30. The summed E-state index contributed by atoms with van der Waals surface area (Å²) in [6.45, 7) is 5.03. The Kier molecular flexibility index (Phi) is 5.34. The number of anilines is 1. The first-order valence-electron chi connectivity index (χ1n) is 6.07. The second kappa shape index (κ2) is 6.54. The van der Waals surface area contributed by atoms with Crippen molar-refractivity contribution in [1.29, 1.82) is 0 Å². The van der Waals surface area contributed by atoms with E-state index >= 15 is 0 Å². The average Bonchev–Trinajstić information content (AvgIpc) is 2.73. The van der Waals surface area contributed by atoms with Gasteiger partial charge in [0, 0.05) is 34.2 Å². The van der Waals surface area contributed by atoms with Crippen molar-refractivity contribution < 1.29 is 9.00 Å². The van der Waals surface area contributed by atoms with Crippen LogP contribution in [-0.2, 0) is 22.0 Å². The quantitative estimate of drug-likeness (QED) is 0.898. The van der Waals surface area contributed by atoms with Crippen LogP contribution in [0, 0.1) is 0 Å². The molecule has 0 bridgehead atoms. The molecule has 0 aliphatic carbocycles. The van der Waals surface area contributed by atoms with Crippen molar-refractivity contribution in [2.45, 2.75) is 25.2 Å². The number of hydrogen-bond acceptors (Lipinski definition) is 3. The number of hydrogen-bond donors (Lipinski definition) is 1. The Hall–Kier alpha value is -1.36. The third-order valence-corrected chi connectivity index (χ3v) is 3.64. The fourth-order valence-corrected chi connectivity index (χ4v) is 2.49. The zero-order valence-corrected chi connectivity index (χ0v) is 11.9. The van der Waals surface area contributed by atoms with Crippen molar-refractivity contribution in [3.63, 3.8) is 0 Å². The molecule has 1 amide bonds. The van der Waals surface area contributed by atoms with E-state index in [1.54, 1.807) is 6.26 Å². The van der Waals surface area contributed by atoms with E-state index in [1.165, 1.54) is 5.56 Å². The molecule has 0 saturated heterocycles. The number of carbonyl (C=O) groups is 1. The van der Waals surface area contributed by atoms with Gasteiger partial charge in [-0.05, 0) is 24.1 Å². The molecule has 0 fully saturated rings. The molecule has 0 aromatic heterocycles. The smallest absolute Gasteiger partial charge is 0.236 e. The number of nitrogens with two attached hydrogens (primary N) is 1. The van der Waals surface area contributed by atoms with E-state index in [0.717, 1.165) is 23.5 Å². The Labute approximate surface area is 111 Å². The number of primary amides is 1. The molecule has 5 heteroatoms. The van der Waals surface area contributed by atoms with Gasteiger partial charge in [0.2, 0.25) is 5.91 Å². The zero-order chi connectivity index (χ0) is 13.7. The molecule has 2 rings (SSSR count). The first-order valence-corrected chi connectivity index (χ1v) is 7.63. The van der Waals surface area contributed by atoms with Gasteiger partial charge in [-0.2, -0.15) is 0 Å². The van der Waals surface area contributed by atoms with Crippen molar-refractivity contribution in [3.8, 4) is 0 Å². The minimum atomic E-state index is -0.992. The van der Waals surface area contributed by atoms with E-state index in [-0.39, 0.29) is 12.5 Å². The molecule has 1 atom stereocenters. The lowest BCUT2D eigenvalue weighted by Gasteiger charge is -2.17. The predicted molar refractivity (Wildman–Crippen MR) is 75.2 cm³/mol. The highest BCUT2D eigenvalue weighted by molar-refractivity contribution is 7.84. The van der Waals surface area contributed by atoms with Crippen LogP contribution in [0.5, 0.6) is 0 Å². The van der Waals surface area contributed by atoms with Gasteiger partial charge in [-0.1, -0.05) is 19.9 Å². The fraction of sp³-hybridized carbons (Fsp3) is 0.462. The number of carbonyl (C=O) groups excluding carboxylic acids is 1. The van der Waals surface area contributed by atoms with Crippen LogP contribution in [0.2, 0.25) is 0 Å². The Morgan fingerprint density at radius 3 is 2.67 bits per heavy atom. The molecule has 0 spiro atoms. The summed E-state index contributed by atoms with van der Waals surface area (Å²) in [4.78, 5) is 13.6. The lowest BCUT2D eigenvalue weighted by Crippen LogP contribution is -2.32. The Morgan fingerprint density at radius 1 is 1.44 bits per heavy atom. The first kappa shape index (κ1) is 14.7. The second-order valence-electron chi connectivity index (χ2n) is 3.88. The van der Waals surface area contributed by atoms with Gasteiger partial charge in [0.25, 0.3) is 0 Å². The average molecular weight is 268 g/mol. The molecule has 1 heterocycles. The zero-order valence-electron chi connectivity index (χ0n) is 11.1. The van der Waals surface area contributed by atoms with Gasteiger partial charge < -0.3 is 10.6 Å². The normalized spacial score (nSPS) is 14.5. The molecule has 18 heavy (non-hydrogen) atoms. The van der Waals surface area contributed by atoms with Crippen LogP contribution < -0.4 is 10.6 Å². The summed E-state index contributed by atoms with van der Waals surface area (Å²) >= 11 is 0. The Morgan fingerprint density at radius 2 is 2.11 bits per heavy atom. The molecular formula is C13H20N2O2S. The third kappa shape index (κ3) is 3.32. The van der Waals surface area contributed by atoms with E-state index in [0.29, 0.717) is 0 Å². The largest absolute Gasteiger partial charge is 0.368 e. The highest BCUT2D eigenvalue weighted by atomic mass is 32.2. The van der Waals surface area contributed by atoms with E-state index in [2.05, 4.69) is 0 Å². The van der Waals surface area contributed by atoms with Crippen molar-refractivity contribution in [2.75, 3.05) is 24.2 Å². The standard InChI is InChI=1S/C11H14N2O2S.C2H6/c1-16(15)9-3-2-8-4-5-13(7-11(12)14)10(8)6-9;1-2/h2-3,6H,4-5,7H2,1H3,(H2,12,14);1-2H3. The summed E-state index contributed by atoms with van der Waals surface area (Å²) in [7, 11) is -0.992. The number of nitrogens with zero attached hydrogens (tertiary/aromatic N) is 1. The van der Waals surface area contributed by atoms with Gasteiger partial charge in [0.1, 0.15) is 0 Å². The molecule has 100 valence electrons. The molecule has 2 N–H and O–H groups in total. The molecule has 1 aliphatic rings. The molecule has 4 nitrogen and oxygen atoms in total. The summed E-state index contributed by atoms with van der Waals surface area (Å²) in [5.41, 5.74) is 7.37. The van der Waals surface area contributed by atoms with Gasteiger partial charge in [0.15, 0.2) is 0 Å². The highest BCUT2D eigenvalue weighted by Gasteiger charge is 2.20. The molecule has 1 aromatic carbocycles. The van der Waals surface area contributed by atoms with Crippen molar-refractivity contribution >= 4 is 22.4 Å². The molecule has 1 aromatic rings. The maximum Gasteiger partial charge on any atom is 0.236 e. The second-order valence-corrected chi connectivity index (χ2v) is 5.26. The van der Waals surface area contributed by atoms with Crippen LogP contribution in [-0.4, -0.2) is 29.5 Å². The molecule has 1 aliphatic heterocycles.